The van der Waals surface area contributed by atoms with Crippen LogP contribution in [0.3, 0.4) is 0 Å². The minimum absolute atomic E-state index is 0.0850. The average Bonchev–Trinajstić information content (AvgIpc) is 3.45. The van der Waals surface area contributed by atoms with Crippen LogP contribution in [0.1, 0.15) is 12.0 Å². The first-order valence-corrected chi connectivity index (χ1v) is 9.87. The van der Waals surface area contributed by atoms with Crippen molar-refractivity contribution in [2.24, 2.45) is 5.92 Å². The summed E-state index contributed by atoms with van der Waals surface area (Å²) >= 11 is 0. The minimum Gasteiger partial charge on any atom is -0.361 e. The molecule has 0 bridgehead atoms. The van der Waals surface area contributed by atoms with Gasteiger partial charge in [-0.25, -0.2) is 4.39 Å². The van der Waals surface area contributed by atoms with Gasteiger partial charge in [-0.05, 0) is 30.2 Å². The third-order valence-corrected chi connectivity index (χ3v) is 5.64. The van der Waals surface area contributed by atoms with Gasteiger partial charge in [-0.1, -0.05) is 24.3 Å². The molecule has 1 saturated heterocycles. The van der Waals surface area contributed by atoms with Crippen molar-refractivity contribution >= 4 is 39.4 Å². The van der Waals surface area contributed by atoms with Crippen molar-refractivity contribution in [3.8, 4) is 0 Å². The number of carbonyl (C=O) groups excluding carboxylic acids is 2. The fourth-order valence-corrected chi connectivity index (χ4v) is 4.10. The first kappa shape index (κ1) is 18.4. The Hall–Kier alpha value is -3.68. The van der Waals surface area contributed by atoms with Crippen molar-refractivity contribution in [3.63, 3.8) is 0 Å². The van der Waals surface area contributed by atoms with E-state index in [1.165, 1.54) is 11.0 Å². The molecule has 0 aliphatic carbocycles. The van der Waals surface area contributed by atoms with Gasteiger partial charge in [0.15, 0.2) is 5.82 Å². The molecule has 3 heterocycles. The molecule has 3 N–H and O–H groups in total. The summed E-state index contributed by atoms with van der Waals surface area (Å²) in [6, 6.07) is 12.6. The fraction of sp³-hybridized carbons (Fsp3) is 0.227. The highest BCUT2D eigenvalue weighted by Crippen LogP contribution is 2.31. The third kappa shape index (κ3) is 3.10. The number of para-hydroxylation sites is 1. The molecule has 0 saturated carbocycles. The van der Waals surface area contributed by atoms with Crippen LogP contribution in [0.5, 0.6) is 0 Å². The number of nitrogens with one attached hydrogen (secondary N) is 3. The SMILES string of the molecule is O=C(NCCc1c[nH]c2ccccc12)[C@@H]1CC(=O)N(c2n[nH]c3cccc(F)c23)C1. The van der Waals surface area contributed by atoms with Gasteiger partial charge in [0.05, 0.1) is 16.8 Å². The molecule has 1 fully saturated rings. The Labute approximate surface area is 171 Å². The quantitative estimate of drug-likeness (QED) is 0.477. The molecule has 152 valence electrons. The molecule has 7 nitrogen and oxygen atoms in total. The summed E-state index contributed by atoms with van der Waals surface area (Å²) in [5.41, 5.74) is 2.72. The number of fused-ring (bicyclic) bond motifs is 2. The first-order valence-electron chi connectivity index (χ1n) is 9.87. The van der Waals surface area contributed by atoms with Crippen LogP contribution < -0.4 is 10.2 Å². The van der Waals surface area contributed by atoms with Crippen LogP contribution in [-0.2, 0) is 16.0 Å². The van der Waals surface area contributed by atoms with Gasteiger partial charge in [-0.15, -0.1) is 0 Å². The summed E-state index contributed by atoms with van der Waals surface area (Å²) in [4.78, 5) is 29.8. The summed E-state index contributed by atoms with van der Waals surface area (Å²) in [5.74, 6) is -1.11. The molecule has 0 radical (unpaired) electrons. The van der Waals surface area contributed by atoms with E-state index >= 15 is 0 Å². The Morgan fingerprint density at radius 3 is 2.93 bits per heavy atom. The Balaban J connectivity index is 1.24. The molecule has 8 heteroatoms. The van der Waals surface area contributed by atoms with Crippen LogP contribution in [0, 0.1) is 11.7 Å². The first-order chi connectivity index (χ1) is 14.6. The number of aromatic amines is 2. The number of H-pyrrole nitrogens is 2. The molecule has 5 rings (SSSR count). The average molecular weight is 405 g/mol. The number of aromatic nitrogens is 3. The fourth-order valence-electron chi connectivity index (χ4n) is 4.10. The van der Waals surface area contributed by atoms with Gasteiger partial charge in [0.1, 0.15) is 5.82 Å². The zero-order valence-corrected chi connectivity index (χ0v) is 16.1. The summed E-state index contributed by atoms with van der Waals surface area (Å²) in [6.45, 7) is 0.664. The highest BCUT2D eigenvalue weighted by molar-refractivity contribution is 6.05. The maximum atomic E-state index is 14.2. The van der Waals surface area contributed by atoms with Gasteiger partial charge in [0.2, 0.25) is 11.8 Å². The standard InChI is InChI=1S/C22H20FN5O2/c23-16-5-3-7-18-20(16)21(27-26-18)28-12-14(10-19(28)29)22(30)24-9-8-13-11-25-17-6-2-1-4-15(13)17/h1-7,11,14,25H,8-10,12H2,(H,24,30)(H,26,27)/t14-/m1/s1. The molecule has 1 atom stereocenters. The minimum atomic E-state index is -0.487. The molecule has 2 aromatic carbocycles. The van der Waals surface area contributed by atoms with E-state index in [1.807, 2.05) is 30.5 Å². The number of anilines is 1. The summed E-state index contributed by atoms with van der Waals surface area (Å²) < 4.78 is 14.2. The lowest BCUT2D eigenvalue weighted by Crippen LogP contribution is -2.34. The van der Waals surface area contributed by atoms with Crippen molar-refractivity contribution in [2.75, 3.05) is 18.0 Å². The van der Waals surface area contributed by atoms with Crippen molar-refractivity contribution in [1.82, 2.24) is 20.5 Å². The Morgan fingerprint density at radius 2 is 2.03 bits per heavy atom. The molecular weight excluding hydrogens is 385 g/mol. The van der Waals surface area contributed by atoms with Gasteiger partial charge in [-0.2, -0.15) is 5.10 Å². The lowest BCUT2D eigenvalue weighted by molar-refractivity contribution is -0.126. The van der Waals surface area contributed by atoms with Gasteiger partial charge >= 0.3 is 0 Å². The third-order valence-electron chi connectivity index (χ3n) is 5.64. The van der Waals surface area contributed by atoms with E-state index in [9.17, 15) is 14.0 Å². The van der Waals surface area contributed by atoms with Crippen LogP contribution in [0.25, 0.3) is 21.8 Å². The maximum absolute atomic E-state index is 14.2. The summed E-state index contributed by atoms with van der Waals surface area (Å²) in [7, 11) is 0. The predicted octanol–water partition coefficient (Wildman–Crippen LogP) is 2.90. The van der Waals surface area contributed by atoms with E-state index in [4.69, 9.17) is 0 Å². The van der Waals surface area contributed by atoms with Crippen molar-refractivity contribution in [1.29, 1.82) is 0 Å². The number of amides is 2. The number of benzene rings is 2. The topological polar surface area (TPSA) is 93.9 Å². The molecule has 30 heavy (non-hydrogen) atoms. The number of hydrogen-bond donors (Lipinski definition) is 3. The molecule has 2 amide bonds. The molecule has 2 aromatic heterocycles. The van der Waals surface area contributed by atoms with E-state index in [1.54, 1.807) is 12.1 Å². The van der Waals surface area contributed by atoms with Crippen LogP contribution >= 0.6 is 0 Å². The van der Waals surface area contributed by atoms with Crippen LogP contribution in [0.2, 0.25) is 0 Å². The predicted molar refractivity (Wildman–Crippen MR) is 112 cm³/mol. The number of halogens is 1. The smallest absolute Gasteiger partial charge is 0.229 e. The largest absolute Gasteiger partial charge is 0.361 e. The molecule has 1 aliphatic heterocycles. The molecule has 0 spiro atoms. The second kappa shape index (κ2) is 7.29. The number of rotatable bonds is 5. The number of nitrogens with zero attached hydrogens (tertiary/aromatic N) is 2. The second-order valence-electron chi connectivity index (χ2n) is 7.52. The van der Waals surface area contributed by atoms with Gasteiger partial charge in [0.25, 0.3) is 0 Å². The molecule has 0 unspecified atom stereocenters. The Bertz CT molecular complexity index is 1260. The van der Waals surface area contributed by atoms with Gasteiger partial charge < -0.3 is 10.3 Å². The highest BCUT2D eigenvalue weighted by atomic mass is 19.1. The van der Waals surface area contributed by atoms with Crippen LogP contribution in [0.15, 0.2) is 48.7 Å². The summed E-state index contributed by atoms with van der Waals surface area (Å²) in [5, 5.41) is 11.2. The zero-order valence-electron chi connectivity index (χ0n) is 16.1. The van der Waals surface area contributed by atoms with E-state index in [0.29, 0.717) is 18.5 Å². The van der Waals surface area contributed by atoms with E-state index in [-0.39, 0.29) is 36.0 Å². The Morgan fingerprint density at radius 1 is 1.20 bits per heavy atom. The molecular formula is C22H20FN5O2. The molecule has 4 aromatic rings. The van der Waals surface area contributed by atoms with E-state index < -0.39 is 11.7 Å². The molecule has 1 aliphatic rings. The van der Waals surface area contributed by atoms with Crippen molar-refractivity contribution in [3.05, 3.63) is 60.0 Å². The Kier molecular flexibility index (Phi) is 4.46. The van der Waals surface area contributed by atoms with Gasteiger partial charge in [0, 0.05) is 36.6 Å². The number of hydrogen-bond acceptors (Lipinski definition) is 3. The van der Waals surface area contributed by atoms with E-state index in [2.05, 4.69) is 20.5 Å². The second-order valence-corrected chi connectivity index (χ2v) is 7.52. The van der Waals surface area contributed by atoms with Gasteiger partial charge in [-0.3, -0.25) is 19.6 Å². The highest BCUT2D eigenvalue weighted by Gasteiger charge is 2.37. The van der Waals surface area contributed by atoms with E-state index in [0.717, 1.165) is 16.5 Å². The number of carbonyl (C=O) groups is 2. The lowest BCUT2D eigenvalue weighted by Gasteiger charge is -2.14. The summed E-state index contributed by atoms with van der Waals surface area (Å²) in [6.07, 6.45) is 2.73. The monoisotopic (exact) mass is 405 g/mol. The zero-order chi connectivity index (χ0) is 20.7. The van der Waals surface area contributed by atoms with Crippen LogP contribution in [0.4, 0.5) is 10.2 Å². The van der Waals surface area contributed by atoms with Crippen molar-refractivity contribution < 1.29 is 14.0 Å². The maximum Gasteiger partial charge on any atom is 0.229 e. The van der Waals surface area contributed by atoms with Crippen LogP contribution in [-0.4, -0.2) is 40.1 Å². The van der Waals surface area contributed by atoms with Crippen molar-refractivity contribution in [2.45, 2.75) is 12.8 Å². The lowest BCUT2D eigenvalue weighted by atomic mass is 10.1. The normalized spacial score (nSPS) is 16.6.